The van der Waals surface area contributed by atoms with Gasteiger partial charge in [-0.05, 0) is 60.6 Å². The maximum absolute atomic E-state index is 13.3. The number of nitrogens with one attached hydrogen (secondary N) is 1. The van der Waals surface area contributed by atoms with E-state index in [1.807, 2.05) is 5.38 Å². The first-order valence-corrected chi connectivity index (χ1v) is 12.0. The smallest absolute Gasteiger partial charge is 0.263 e. The van der Waals surface area contributed by atoms with Crippen molar-refractivity contribution in [3.05, 3.63) is 79.6 Å². The van der Waals surface area contributed by atoms with Crippen molar-refractivity contribution < 1.29 is 4.79 Å². The van der Waals surface area contributed by atoms with Gasteiger partial charge in [0.1, 0.15) is 11.4 Å². The second-order valence-electron chi connectivity index (χ2n) is 7.87. The lowest BCUT2D eigenvalue weighted by Crippen LogP contribution is -2.27. The van der Waals surface area contributed by atoms with Crippen molar-refractivity contribution in [3.63, 3.8) is 0 Å². The number of rotatable bonds is 4. The van der Waals surface area contributed by atoms with Gasteiger partial charge in [0.25, 0.3) is 5.56 Å². The minimum absolute atomic E-state index is 0.151. The third-order valence-electron chi connectivity index (χ3n) is 5.74. The molecular formula is C24H19Cl2N3O2S. The Hall–Kier alpha value is -2.67. The van der Waals surface area contributed by atoms with Crippen LogP contribution in [0.2, 0.25) is 10.0 Å². The first-order chi connectivity index (χ1) is 15.5. The fourth-order valence-corrected chi connectivity index (χ4v) is 5.33. The fraction of sp³-hybridized carbons (Fsp3) is 0.208. The third-order valence-corrected chi connectivity index (χ3v) is 7.36. The number of thiophene rings is 1. The molecule has 1 aliphatic carbocycles. The highest BCUT2D eigenvalue weighted by Gasteiger charge is 2.17. The molecule has 0 bridgehead atoms. The van der Waals surface area contributed by atoms with Crippen LogP contribution in [0, 0.1) is 0 Å². The average Bonchev–Trinajstić information content (AvgIpc) is 3.23. The molecule has 1 amide bonds. The molecule has 0 atom stereocenters. The van der Waals surface area contributed by atoms with E-state index in [0.717, 1.165) is 24.0 Å². The van der Waals surface area contributed by atoms with E-state index in [4.69, 9.17) is 23.2 Å². The molecule has 32 heavy (non-hydrogen) atoms. The van der Waals surface area contributed by atoms with Crippen LogP contribution in [-0.2, 0) is 24.2 Å². The SMILES string of the molecule is O=C(Cn1cnc2scc(-c3ccc4c(c3)CCCC4)c2c1=O)Nc1ccc(Cl)c(Cl)c1. The molecule has 1 aliphatic rings. The number of nitrogens with zero attached hydrogens (tertiary/aromatic N) is 2. The molecule has 2 aromatic heterocycles. The molecule has 4 aromatic rings. The Morgan fingerprint density at radius 2 is 1.88 bits per heavy atom. The number of benzene rings is 2. The van der Waals surface area contributed by atoms with Crippen LogP contribution < -0.4 is 10.9 Å². The van der Waals surface area contributed by atoms with E-state index < -0.39 is 0 Å². The Morgan fingerprint density at radius 1 is 1.06 bits per heavy atom. The van der Waals surface area contributed by atoms with Crippen molar-refractivity contribution >= 4 is 56.3 Å². The number of hydrogen-bond donors (Lipinski definition) is 1. The van der Waals surface area contributed by atoms with E-state index in [-0.39, 0.29) is 18.0 Å². The highest BCUT2D eigenvalue weighted by atomic mass is 35.5. The van der Waals surface area contributed by atoms with Gasteiger partial charge >= 0.3 is 0 Å². The Bertz CT molecular complexity index is 1410. The number of halogens is 2. The number of amides is 1. The van der Waals surface area contributed by atoms with Crippen molar-refractivity contribution in [2.75, 3.05) is 5.32 Å². The molecule has 0 unspecified atom stereocenters. The second kappa shape index (κ2) is 8.70. The summed E-state index contributed by atoms with van der Waals surface area (Å²) in [6.07, 6.45) is 6.03. The Morgan fingerprint density at radius 3 is 2.69 bits per heavy atom. The van der Waals surface area contributed by atoms with Gasteiger partial charge in [-0.3, -0.25) is 14.2 Å². The summed E-state index contributed by atoms with van der Waals surface area (Å²) >= 11 is 13.4. The van der Waals surface area contributed by atoms with Gasteiger partial charge in [-0.1, -0.05) is 41.4 Å². The lowest BCUT2D eigenvalue weighted by Gasteiger charge is -2.16. The number of fused-ring (bicyclic) bond motifs is 2. The average molecular weight is 484 g/mol. The molecular weight excluding hydrogens is 465 g/mol. The number of aromatic nitrogens is 2. The molecule has 162 valence electrons. The molecule has 0 saturated heterocycles. The highest BCUT2D eigenvalue weighted by Crippen LogP contribution is 2.33. The highest BCUT2D eigenvalue weighted by molar-refractivity contribution is 7.17. The summed E-state index contributed by atoms with van der Waals surface area (Å²) < 4.78 is 1.34. The van der Waals surface area contributed by atoms with Crippen LogP contribution in [0.1, 0.15) is 24.0 Å². The van der Waals surface area contributed by atoms with E-state index in [1.54, 1.807) is 18.2 Å². The van der Waals surface area contributed by atoms with Gasteiger partial charge in [0.15, 0.2) is 0 Å². The summed E-state index contributed by atoms with van der Waals surface area (Å²) in [5, 5.41) is 6.02. The summed E-state index contributed by atoms with van der Waals surface area (Å²) in [6.45, 7) is -0.151. The van der Waals surface area contributed by atoms with Crippen molar-refractivity contribution in [1.29, 1.82) is 0 Å². The van der Waals surface area contributed by atoms with Crippen molar-refractivity contribution in [2.45, 2.75) is 32.2 Å². The van der Waals surface area contributed by atoms with Gasteiger partial charge in [0.2, 0.25) is 5.91 Å². The monoisotopic (exact) mass is 483 g/mol. The maximum Gasteiger partial charge on any atom is 0.263 e. The molecule has 1 N–H and O–H groups in total. The number of hydrogen-bond acceptors (Lipinski definition) is 4. The van der Waals surface area contributed by atoms with E-state index in [1.165, 1.54) is 46.2 Å². The third kappa shape index (κ3) is 4.06. The number of carbonyl (C=O) groups is 1. The zero-order chi connectivity index (χ0) is 22.2. The predicted octanol–water partition coefficient (Wildman–Crippen LogP) is 5.95. The summed E-state index contributed by atoms with van der Waals surface area (Å²) in [4.78, 5) is 30.9. The van der Waals surface area contributed by atoms with E-state index >= 15 is 0 Å². The van der Waals surface area contributed by atoms with Gasteiger partial charge in [-0.25, -0.2) is 4.98 Å². The summed E-state index contributed by atoms with van der Waals surface area (Å²) in [7, 11) is 0. The molecule has 0 aliphatic heterocycles. The Balaban J connectivity index is 1.45. The molecule has 0 saturated carbocycles. The molecule has 0 fully saturated rings. The first-order valence-electron chi connectivity index (χ1n) is 10.3. The standard InChI is InChI=1S/C24H19Cl2N3O2S/c25-19-8-7-17(10-20(19)26)28-21(30)11-29-13-27-23-22(24(29)31)18(12-32-23)16-6-5-14-3-1-2-4-15(14)9-16/h5-10,12-13H,1-4,11H2,(H,28,30). The zero-order valence-corrected chi connectivity index (χ0v) is 19.4. The van der Waals surface area contributed by atoms with Crippen LogP contribution in [-0.4, -0.2) is 15.5 Å². The molecule has 8 heteroatoms. The summed E-state index contributed by atoms with van der Waals surface area (Å²) in [5.74, 6) is -0.350. The fourth-order valence-electron chi connectivity index (χ4n) is 4.12. The van der Waals surface area contributed by atoms with Crippen LogP contribution in [0.25, 0.3) is 21.3 Å². The number of aryl methyl sites for hydroxylation is 2. The first kappa shape index (κ1) is 21.2. The topological polar surface area (TPSA) is 64.0 Å². The Kier molecular flexibility index (Phi) is 5.76. The van der Waals surface area contributed by atoms with Gasteiger partial charge in [0, 0.05) is 16.6 Å². The van der Waals surface area contributed by atoms with Crippen LogP contribution >= 0.6 is 34.5 Å². The predicted molar refractivity (Wildman–Crippen MR) is 131 cm³/mol. The Labute approximate surface area is 198 Å². The normalized spacial score (nSPS) is 13.2. The molecule has 0 spiro atoms. The van der Waals surface area contributed by atoms with Gasteiger partial charge in [0.05, 0.1) is 21.8 Å². The molecule has 2 heterocycles. The minimum atomic E-state index is -0.350. The van der Waals surface area contributed by atoms with Gasteiger partial charge in [-0.2, -0.15) is 0 Å². The summed E-state index contributed by atoms with van der Waals surface area (Å²) in [5.41, 5.74) is 4.93. The van der Waals surface area contributed by atoms with Crippen molar-refractivity contribution in [1.82, 2.24) is 9.55 Å². The summed E-state index contributed by atoms with van der Waals surface area (Å²) in [6, 6.07) is 11.3. The maximum atomic E-state index is 13.3. The zero-order valence-electron chi connectivity index (χ0n) is 17.0. The second-order valence-corrected chi connectivity index (χ2v) is 9.55. The minimum Gasteiger partial charge on any atom is -0.324 e. The van der Waals surface area contributed by atoms with Gasteiger partial charge < -0.3 is 5.32 Å². The number of anilines is 1. The van der Waals surface area contributed by atoms with Crippen LogP contribution in [0.5, 0.6) is 0 Å². The number of carbonyl (C=O) groups excluding carboxylic acids is 1. The van der Waals surface area contributed by atoms with Gasteiger partial charge in [-0.15, -0.1) is 11.3 Å². The van der Waals surface area contributed by atoms with E-state index in [0.29, 0.717) is 25.9 Å². The van der Waals surface area contributed by atoms with Crippen LogP contribution in [0.4, 0.5) is 5.69 Å². The lowest BCUT2D eigenvalue weighted by molar-refractivity contribution is -0.116. The molecule has 5 nitrogen and oxygen atoms in total. The quantitative estimate of drug-likeness (QED) is 0.390. The molecule has 2 aromatic carbocycles. The van der Waals surface area contributed by atoms with E-state index in [2.05, 4.69) is 28.5 Å². The van der Waals surface area contributed by atoms with Crippen LogP contribution in [0.3, 0.4) is 0 Å². The van der Waals surface area contributed by atoms with Crippen molar-refractivity contribution in [3.8, 4) is 11.1 Å². The molecule has 5 rings (SSSR count). The molecule has 0 radical (unpaired) electrons. The van der Waals surface area contributed by atoms with E-state index in [9.17, 15) is 9.59 Å². The lowest BCUT2D eigenvalue weighted by atomic mass is 9.89. The largest absolute Gasteiger partial charge is 0.324 e. The van der Waals surface area contributed by atoms with Crippen LogP contribution in [0.15, 0.2) is 52.9 Å². The van der Waals surface area contributed by atoms with Crippen molar-refractivity contribution in [2.24, 2.45) is 0 Å².